The maximum absolute atomic E-state index is 5.69. The third-order valence-electron chi connectivity index (χ3n) is 4.00. The number of likely N-dealkylation sites (tertiary alicyclic amines) is 1. The first-order valence-electron chi connectivity index (χ1n) is 7.68. The van der Waals surface area contributed by atoms with Crippen molar-refractivity contribution in [1.29, 1.82) is 0 Å². The Labute approximate surface area is 122 Å². The van der Waals surface area contributed by atoms with Crippen LogP contribution in [0.3, 0.4) is 0 Å². The van der Waals surface area contributed by atoms with Crippen LogP contribution in [0.25, 0.3) is 5.70 Å². The Morgan fingerprint density at radius 1 is 1.30 bits per heavy atom. The van der Waals surface area contributed by atoms with Crippen molar-refractivity contribution in [3.05, 3.63) is 42.0 Å². The van der Waals surface area contributed by atoms with Gasteiger partial charge < -0.3 is 11.1 Å². The number of benzene rings is 1. The molecule has 20 heavy (non-hydrogen) atoms. The van der Waals surface area contributed by atoms with Gasteiger partial charge in [-0.15, -0.1) is 0 Å². The summed E-state index contributed by atoms with van der Waals surface area (Å²) in [4.78, 5) is 2.54. The van der Waals surface area contributed by atoms with Gasteiger partial charge in [0.05, 0.1) is 0 Å². The van der Waals surface area contributed by atoms with E-state index in [1.165, 1.54) is 37.9 Å². The van der Waals surface area contributed by atoms with Crippen LogP contribution in [0.15, 0.2) is 30.8 Å². The van der Waals surface area contributed by atoms with E-state index in [2.05, 4.69) is 48.0 Å². The first-order chi connectivity index (χ1) is 9.69. The molecule has 0 amide bonds. The normalized spacial score (nSPS) is 17.2. The van der Waals surface area contributed by atoms with Gasteiger partial charge >= 0.3 is 0 Å². The van der Waals surface area contributed by atoms with Gasteiger partial charge in [-0.2, -0.15) is 0 Å². The molecular weight excluding hydrogens is 246 g/mol. The Kier molecular flexibility index (Phi) is 5.62. The molecule has 1 aliphatic heterocycles. The van der Waals surface area contributed by atoms with E-state index < -0.39 is 0 Å². The third-order valence-corrected chi connectivity index (χ3v) is 4.00. The quantitative estimate of drug-likeness (QED) is 0.837. The van der Waals surface area contributed by atoms with Crippen molar-refractivity contribution < 1.29 is 0 Å². The maximum Gasteiger partial charge on any atom is 0.0314 e. The van der Waals surface area contributed by atoms with E-state index >= 15 is 0 Å². The summed E-state index contributed by atoms with van der Waals surface area (Å²) >= 11 is 0. The molecular formula is C17H27N3. The highest BCUT2D eigenvalue weighted by Gasteiger charge is 2.18. The molecule has 2 rings (SSSR count). The highest BCUT2D eigenvalue weighted by atomic mass is 15.1. The molecule has 0 radical (unpaired) electrons. The summed E-state index contributed by atoms with van der Waals surface area (Å²) in [6.07, 6.45) is 3.74. The lowest BCUT2D eigenvalue weighted by Crippen LogP contribution is -2.42. The number of rotatable bonds is 6. The fraction of sp³-hybridized carbons (Fsp3) is 0.529. The highest BCUT2D eigenvalue weighted by molar-refractivity contribution is 5.60. The molecule has 3 nitrogen and oxygen atoms in total. The molecule has 3 N–H and O–H groups in total. The number of piperidine rings is 1. The van der Waals surface area contributed by atoms with Crippen LogP contribution in [0, 0.1) is 0 Å². The lowest BCUT2D eigenvalue weighted by atomic mass is 10.0. The van der Waals surface area contributed by atoms with E-state index in [-0.39, 0.29) is 0 Å². The highest BCUT2D eigenvalue weighted by Crippen LogP contribution is 2.15. The number of nitrogens with one attached hydrogen (secondary N) is 1. The van der Waals surface area contributed by atoms with Crippen LogP contribution in [-0.2, 0) is 6.54 Å². The van der Waals surface area contributed by atoms with Gasteiger partial charge in [-0.1, -0.05) is 37.8 Å². The predicted molar refractivity (Wildman–Crippen MR) is 86.3 cm³/mol. The van der Waals surface area contributed by atoms with E-state index in [0.717, 1.165) is 18.7 Å². The zero-order chi connectivity index (χ0) is 14.4. The summed E-state index contributed by atoms with van der Waals surface area (Å²) in [6, 6.07) is 9.17. The van der Waals surface area contributed by atoms with Gasteiger partial charge in [0.25, 0.3) is 0 Å². The van der Waals surface area contributed by atoms with Crippen molar-refractivity contribution >= 4 is 5.70 Å². The molecule has 1 heterocycles. The molecule has 0 bridgehead atoms. The molecule has 1 aromatic carbocycles. The van der Waals surface area contributed by atoms with Crippen LogP contribution in [-0.4, -0.2) is 30.6 Å². The molecule has 3 heteroatoms. The molecule has 0 unspecified atom stereocenters. The number of nitrogens with two attached hydrogens (primary N) is 1. The van der Waals surface area contributed by atoms with Crippen molar-refractivity contribution in [2.24, 2.45) is 5.73 Å². The number of nitrogens with zero attached hydrogens (tertiary/aromatic N) is 1. The lowest BCUT2D eigenvalue weighted by Gasteiger charge is -2.32. The Hall–Kier alpha value is -1.32. The Bertz CT molecular complexity index is 416. The minimum atomic E-state index is 0.638. The molecule has 1 aromatic rings. The summed E-state index contributed by atoms with van der Waals surface area (Å²) in [5, 5.41) is 3.63. The summed E-state index contributed by atoms with van der Waals surface area (Å²) in [5.74, 6) is 0. The summed E-state index contributed by atoms with van der Waals surface area (Å²) < 4.78 is 0. The van der Waals surface area contributed by atoms with Gasteiger partial charge in [-0.3, -0.25) is 4.90 Å². The van der Waals surface area contributed by atoms with E-state index in [1.807, 2.05) is 0 Å². The molecule has 110 valence electrons. The minimum Gasteiger partial charge on any atom is -0.399 e. The van der Waals surface area contributed by atoms with Gasteiger partial charge in [0.2, 0.25) is 0 Å². The molecule has 0 aromatic heterocycles. The van der Waals surface area contributed by atoms with Gasteiger partial charge in [-0.05, 0) is 50.0 Å². The molecule has 0 spiro atoms. The molecule has 0 aliphatic carbocycles. The number of hydrogen-bond donors (Lipinski definition) is 2. The summed E-state index contributed by atoms with van der Waals surface area (Å²) in [5.41, 5.74) is 8.71. The van der Waals surface area contributed by atoms with Crippen molar-refractivity contribution in [1.82, 2.24) is 10.2 Å². The lowest BCUT2D eigenvalue weighted by molar-refractivity contribution is 0.191. The van der Waals surface area contributed by atoms with Crippen molar-refractivity contribution in [2.75, 3.05) is 19.6 Å². The van der Waals surface area contributed by atoms with Gasteiger partial charge in [0.15, 0.2) is 0 Å². The van der Waals surface area contributed by atoms with Crippen LogP contribution >= 0.6 is 0 Å². The standard InChI is InChI=1S/C17H27N3/c1-3-10-19-17-8-11-20(12-9-17)13-15-4-6-16(7-5-15)14(2)18/h4-7,17,19H,2-3,8-13,18H2,1H3. The smallest absolute Gasteiger partial charge is 0.0314 e. The minimum absolute atomic E-state index is 0.638. The second kappa shape index (κ2) is 7.46. The van der Waals surface area contributed by atoms with E-state index in [1.54, 1.807) is 0 Å². The van der Waals surface area contributed by atoms with Crippen LogP contribution < -0.4 is 11.1 Å². The molecule has 1 saturated heterocycles. The maximum atomic E-state index is 5.69. The average Bonchev–Trinajstić information content (AvgIpc) is 2.47. The fourth-order valence-electron chi connectivity index (χ4n) is 2.73. The van der Waals surface area contributed by atoms with Gasteiger partial charge in [-0.25, -0.2) is 0 Å². The van der Waals surface area contributed by atoms with E-state index in [4.69, 9.17) is 5.73 Å². The van der Waals surface area contributed by atoms with E-state index in [0.29, 0.717) is 11.7 Å². The molecule has 0 atom stereocenters. The van der Waals surface area contributed by atoms with Crippen molar-refractivity contribution in [2.45, 2.75) is 38.8 Å². The largest absolute Gasteiger partial charge is 0.399 e. The van der Waals surface area contributed by atoms with Crippen LogP contribution in [0.5, 0.6) is 0 Å². The summed E-state index contributed by atoms with van der Waals surface area (Å²) in [6.45, 7) is 10.5. The second-order valence-corrected chi connectivity index (χ2v) is 5.73. The zero-order valence-corrected chi connectivity index (χ0v) is 12.6. The Morgan fingerprint density at radius 3 is 2.50 bits per heavy atom. The Balaban J connectivity index is 1.79. The van der Waals surface area contributed by atoms with Gasteiger partial charge in [0, 0.05) is 18.3 Å². The van der Waals surface area contributed by atoms with Crippen LogP contribution in [0.1, 0.15) is 37.3 Å². The Morgan fingerprint density at radius 2 is 1.95 bits per heavy atom. The van der Waals surface area contributed by atoms with E-state index in [9.17, 15) is 0 Å². The molecule has 1 aliphatic rings. The predicted octanol–water partition coefficient (Wildman–Crippen LogP) is 2.58. The van der Waals surface area contributed by atoms with Gasteiger partial charge in [0.1, 0.15) is 0 Å². The molecule has 0 saturated carbocycles. The third kappa shape index (κ3) is 4.36. The van der Waals surface area contributed by atoms with Crippen LogP contribution in [0.2, 0.25) is 0 Å². The van der Waals surface area contributed by atoms with Crippen molar-refractivity contribution in [3.8, 4) is 0 Å². The zero-order valence-electron chi connectivity index (χ0n) is 12.6. The first-order valence-corrected chi connectivity index (χ1v) is 7.68. The monoisotopic (exact) mass is 273 g/mol. The first kappa shape index (κ1) is 15.1. The van der Waals surface area contributed by atoms with Crippen LogP contribution in [0.4, 0.5) is 0 Å². The van der Waals surface area contributed by atoms with Crippen molar-refractivity contribution in [3.63, 3.8) is 0 Å². The average molecular weight is 273 g/mol. The molecule has 1 fully saturated rings. The number of hydrogen-bond acceptors (Lipinski definition) is 3. The summed E-state index contributed by atoms with van der Waals surface area (Å²) in [7, 11) is 0. The fourth-order valence-corrected chi connectivity index (χ4v) is 2.73. The SMILES string of the molecule is C=C(N)c1ccc(CN2CCC(NCCC)CC2)cc1. The topological polar surface area (TPSA) is 41.3 Å². The second-order valence-electron chi connectivity index (χ2n) is 5.73.